The first kappa shape index (κ1) is 14.8. The van der Waals surface area contributed by atoms with E-state index in [1.807, 2.05) is 0 Å². The van der Waals surface area contributed by atoms with Crippen LogP contribution in [0.25, 0.3) is 0 Å². The molecule has 1 amide bonds. The van der Waals surface area contributed by atoms with Gasteiger partial charge in [0.1, 0.15) is 5.88 Å². The van der Waals surface area contributed by atoms with Crippen LogP contribution in [0, 0.1) is 0 Å². The number of hydrogen-bond acceptors (Lipinski definition) is 1. The summed E-state index contributed by atoms with van der Waals surface area (Å²) < 4.78 is 0. The molecule has 90 valence electrons. The quantitative estimate of drug-likeness (QED) is 0.454. The summed E-state index contributed by atoms with van der Waals surface area (Å²) in [5.74, 6) is 0.0245. The summed E-state index contributed by atoms with van der Waals surface area (Å²) in [6.45, 7) is 3.01. The van der Waals surface area contributed by atoms with Crippen molar-refractivity contribution in [2.75, 3.05) is 12.4 Å². The molecule has 1 N–H and O–H groups in total. The molecule has 0 aromatic rings. The van der Waals surface area contributed by atoms with Crippen LogP contribution in [0.15, 0.2) is 0 Å². The first-order valence-corrected chi connectivity index (χ1v) is 6.67. The van der Waals surface area contributed by atoms with Gasteiger partial charge in [0.25, 0.3) is 0 Å². The maximum absolute atomic E-state index is 10.8. The third kappa shape index (κ3) is 11.7. The molecule has 0 aromatic carbocycles. The van der Waals surface area contributed by atoms with Gasteiger partial charge in [-0.1, -0.05) is 51.9 Å². The first-order chi connectivity index (χ1) is 7.31. The Morgan fingerprint density at radius 1 is 1.00 bits per heavy atom. The Balaban J connectivity index is 2.95. The lowest BCUT2D eigenvalue weighted by atomic mass is 10.1. The molecule has 0 aromatic heterocycles. The van der Waals surface area contributed by atoms with E-state index in [4.69, 9.17) is 11.6 Å². The van der Waals surface area contributed by atoms with E-state index >= 15 is 0 Å². The van der Waals surface area contributed by atoms with Crippen molar-refractivity contribution in [3.05, 3.63) is 0 Å². The molecule has 0 spiro atoms. The van der Waals surface area contributed by atoms with Gasteiger partial charge in [0.2, 0.25) is 5.91 Å². The Hall–Kier alpha value is -0.240. The zero-order chi connectivity index (χ0) is 11.4. The molecule has 0 aliphatic heterocycles. The van der Waals surface area contributed by atoms with Crippen LogP contribution in [0.5, 0.6) is 0 Å². The molecule has 15 heavy (non-hydrogen) atoms. The second-order valence-electron chi connectivity index (χ2n) is 3.96. The molecular weight excluding hydrogens is 210 g/mol. The van der Waals surface area contributed by atoms with Gasteiger partial charge in [0.05, 0.1) is 0 Å². The highest BCUT2D eigenvalue weighted by molar-refractivity contribution is 6.27. The van der Waals surface area contributed by atoms with Crippen LogP contribution in [-0.2, 0) is 4.79 Å². The first-order valence-electron chi connectivity index (χ1n) is 6.14. The average Bonchev–Trinajstić information content (AvgIpc) is 2.26. The van der Waals surface area contributed by atoms with Crippen LogP contribution in [-0.4, -0.2) is 18.3 Å². The van der Waals surface area contributed by atoms with E-state index in [0.717, 1.165) is 13.0 Å². The van der Waals surface area contributed by atoms with Crippen molar-refractivity contribution in [2.24, 2.45) is 0 Å². The van der Waals surface area contributed by atoms with Crippen molar-refractivity contribution in [1.29, 1.82) is 0 Å². The standard InChI is InChI=1S/C12H24ClNO/c1-2-3-4-5-6-7-8-9-10-14-12(15)11-13/h2-11H2,1H3,(H,14,15). The van der Waals surface area contributed by atoms with Gasteiger partial charge in [0, 0.05) is 6.54 Å². The van der Waals surface area contributed by atoms with Crippen LogP contribution < -0.4 is 5.32 Å². The van der Waals surface area contributed by atoms with E-state index in [9.17, 15) is 4.79 Å². The number of carbonyl (C=O) groups is 1. The Morgan fingerprint density at radius 3 is 2.07 bits per heavy atom. The fourth-order valence-electron chi connectivity index (χ4n) is 1.53. The minimum atomic E-state index is -0.0559. The molecule has 0 bridgehead atoms. The highest BCUT2D eigenvalue weighted by atomic mass is 35.5. The predicted octanol–water partition coefficient (Wildman–Crippen LogP) is 3.48. The van der Waals surface area contributed by atoms with Crippen LogP contribution in [0.4, 0.5) is 0 Å². The lowest BCUT2D eigenvalue weighted by molar-refractivity contribution is -0.118. The minimum absolute atomic E-state index is 0.0559. The van der Waals surface area contributed by atoms with Crippen molar-refractivity contribution in [1.82, 2.24) is 5.32 Å². The molecule has 0 radical (unpaired) electrons. The average molecular weight is 234 g/mol. The summed E-state index contributed by atoms with van der Waals surface area (Å²) in [6.07, 6.45) is 10.3. The second kappa shape index (κ2) is 11.8. The normalized spacial score (nSPS) is 10.3. The van der Waals surface area contributed by atoms with Gasteiger partial charge in [-0.15, -0.1) is 11.6 Å². The van der Waals surface area contributed by atoms with Crippen LogP contribution in [0.3, 0.4) is 0 Å². The molecule has 0 saturated heterocycles. The Morgan fingerprint density at radius 2 is 1.53 bits per heavy atom. The molecule has 0 rings (SSSR count). The largest absolute Gasteiger partial charge is 0.355 e. The smallest absolute Gasteiger partial charge is 0.234 e. The van der Waals surface area contributed by atoms with Crippen LogP contribution in [0.1, 0.15) is 58.3 Å². The zero-order valence-electron chi connectivity index (χ0n) is 9.86. The fraction of sp³-hybridized carbons (Fsp3) is 0.917. The monoisotopic (exact) mass is 233 g/mol. The van der Waals surface area contributed by atoms with Gasteiger partial charge in [0.15, 0.2) is 0 Å². The van der Waals surface area contributed by atoms with E-state index in [1.54, 1.807) is 0 Å². The summed E-state index contributed by atoms with van der Waals surface area (Å²) in [6, 6.07) is 0. The maximum atomic E-state index is 10.8. The van der Waals surface area contributed by atoms with E-state index in [0.29, 0.717) is 0 Å². The lowest BCUT2D eigenvalue weighted by Crippen LogP contribution is -2.25. The maximum Gasteiger partial charge on any atom is 0.234 e. The van der Waals surface area contributed by atoms with Crippen molar-refractivity contribution in [3.8, 4) is 0 Å². The molecule has 0 atom stereocenters. The molecule has 0 aliphatic rings. The molecule has 2 nitrogen and oxygen atoms in total. The van der Waals surface area contributed by atoms with Gasteiger partial charge < -0.3 is 5.32 Å². The summed E-state index contributed by atoms with van der Waals surface area (Å²) in [7, 11) is 0. The topological polar surface area (TPSA) is 29.1 Å². The number of amides is 1. The number of halogens is 1. The number of carbonyl (C=O) groups excluding carboxylic acids is 1. The van der Waals surface area contributed by atoms with Crippen molar-refractivity contribution in [3.63, 3.8) is 0 Å². The lowest BCUT2D eigenvalue weighted by Gasteiger charge is -2.03. The van der Waals surface area contributed by atoms with E-state index in [2.05, 4.69) is 12.2 Å². The number of hydrogen-bond donors (Lipinski definition) is 1. The number of alkyl halides is 1. The van der Waals surface area contributed by atoms with Crippen molar-refractivity contribution in [2.45, 2.75) is 58.3 Å². The van der Waals surface area contributed by atoms with E-state index in [-0.39, 0.29) is 11.8 Å². The van der Waals surface area contributed by atoms with Crippen molar-refractivity contribution < 1.29 is 4.79 Å². The number of nitrogens with one attached hydrogen (secondary N) is 1. The van der Waals surface area contributed by atoms with E-state index < -0.39 is 0 Å². The molecule has 0 fully saturated rings. The molecule has 0 saturated carbocycles. The summed E-state index contributed by atoms with van der Waals surface area (Å²) in [5.41, 5.74) is 0. The third-order valence-electron chi connectivity index (χ3n) is 2.47. The Bertz CT molecular complexity index is 151. The second-order valence-corrected chi connectivity index (χ2v) is 4.23. The van der Waals surface area contributed by atoms with Crippen LogP contribution in [0.2, 0.25) is 0 Å². The molecule has 0 unspecified atom stereocenters. The summed E-state index contributed by atoms with van der Waals surface area (Å²) in [4.78, 5) is 10.8. The molecule has 0 aliphatic carbocycles. The van der Waals surface area contributed by atoms with Gasteiger partial charge in [-0.3, -0.25) is 4.79 Å². The highest BCUT2D eigenvalue weighted by Crippen LogP contribution is 2.07. The third-order valence-corrected chi connectivity index (χ3v) is 2.72. The highest BCUT2D eigenvalue weighted by Gasteiger charge is 1.96. The van der Waals surface area contributed by atoms with Gasteiger partial charge in [-0.2, -0.15) is 0 Å². The fourth-order valence-corrected chi connectivity index (χ4v) is 1.63. The summed E-state index contributed by atoms with van der Waals surface area (Å²) >= 11 is 5.35. The van der Waals surface area contributed by atoms with Crippen molar-refractivity contribution >= 4 is 17.5 Å². The predicted molar refractivity (Wildman–Crippen MR) is 66.3 cm³/mol. The molecule has 0 heterocycles. The Kier molecular flexibility index (Phi) is 11.6. The SMILES string of the molecule is CCCCCCCCCCNC(=O)CCl. The molecule has 3 heteroatoms. The molecular formula is C12H24ClNO. The zero-order valence-corrected chi connectivity index (χ0v) is 10.6. The number of rotatable bonds is 10. The Labute approximate surface area is 98.8 Å². The van der Waals surface area contributed by atoms with Gasteiger partial charge in [-0.05, 0) is 6.42 Å². The number of unbranched alkanes of at least 4 members (excludes halogenated alkanes) is 7. The van der Waals surface area contributed by atoms with E-state index in [1.165, 1.54) is 44.9 Å². The summed E-state index contributed by atoms with van der Waals surface area (Å²) in [5, 5.41) is 2.77. The van der Waals surface area contributed by atoms with Gasteiger partial charge >= 0.3 is 0 Å². The van der Waals surface area contributed by atoms with Crippen LogP contribution >= 0.6 is 11.6 Å². The van der Waals surface area contributed by atoms with Gasteiger partial charge in [-0.25, -0.2) is 0 Å². The minimum Gasteiger partial charge on any atom is -0.355 e.